The number of pyridine rings is 1. The number of ether oxygens (including phenoxy) is 2. The van der Waals surface area contributed by atoms with E-state index in [1.807, 2.05) is 24.3 Å². The van der Waals surface area contributed by atoms with Crippen molar-refractivity contribution in [3.63, 3.8) is 0 Å². The Balaban J connectivity index is 1.54. The summed E-state index contributed by atoms with van der Waals surface area (Å²) in [5.74, 6) is 1.46. The lowest BCUT2D eigenvalue weighted by Crippen LogP contribution is -2.44. The Morgan fingerprint density at radius 1 is 1.07 bits per heavy atom. The van der Waals surface area contributed by atoms with Gasteiger partial charge in [0.1, 0.15) is 18.5 Å². The molecule has 0 aliphatic carbocycles. The molecule has 0 radical (unpaired) electrons. The van der Waals surface area contributed by atoms with E-state index in [-0.39, 0.29) is 11.8 Å². The Morgan fingerprint density at radius 2 is 1.85 bits per heavy atom. The number of carboxylic acid groups (broad SMARTS) is 1. The van der Waals surface area contributed by atoms with Gasteiger partial charge in [0.15, 0.2) is 11.5 Å². The lowest BCUT2D eigenvalue weighted by molar-refractivity contribution is -0.142. The normalized spacial score (nSPS) is 13.4. The van der Waals surface area contributed by atoms with Gasteiger partial charge >= 0.3 is 5.97 Å². The Morgan fingerprint density at radius 3 is 2.59 bits per heavy atom. The molecule has 9 nitrogen and oxygen atoms in total. The minimum Gasteiger partial charge on any atom is -0.493 e. The number of carboxylic acids is 1. The van der Waals surface area contributed by atoms with Gasteiger partial charge in [0, 0.05) is 31.7 Å². The van der Waals surface area contributed by atoms with Gasteiger partial charge in [-0.05, 0) is 74.8 Å². The molecule has 1 aromatic heterocycles. The first-order chi connectivity index (χ1) is 19.9. The molecule has 1 aliphatic heterocycles. The zero-order valence-corrected chi connectivity index (χ0v) is 25.0. The van der Waals surface area contributed by atoms with Crippen LogP contribution in [0.2, 0.25) is 0 Å². The molecule has 0 spiro atoms. The highest BCUT2D eigenvalue weighted by molar-refractivity contribution is 5.83. The van der Waals surface area contributed by atoms with Crippen LogP contribution in [0.25, 0.3) is 0 Å². The number of benzene rings is 1. The minimum absolute atomic E-state index is 0.191. The number of fused-ring (bicyclic) bond motifs is 1. The van der Waals surface area contributed by atoms with Crippen LogP contribution >= 0.6 is 0 Å². The zero-order chi connectivity index (χ0) is 29.5. The monoisotopic (exact) mass is 568 g/mol. The summed E-state index contributed by atoms with van der Waals surface area (Å²) in [7, 11) is 1.62. The maximum atomic E-state index is 12.5. The largest absolute Gasteiger partial charge is 0.493 e. The zero-order valence-electron chi connectivity index (χ0n) is 25.0. The van der Waals surface area contributed by atoms with Crippen LogP contribution in [-0.2, 0) is 22.4 Å². The number of unbranched alkanes of at least 4 members (excludes halogenated alkanes) is 1. The Hall–Kier alpha value is -3.33. The maximum Gasteiger partial charge on any atom is 0.326 e. The van der Waals surface area contributed by atoms with E-state index in [0.29, 0.717) is 44.0 Å². The number of amides is 1. The average molecular weight is 569 g/mol. The Labute approximate surface area is 245 Å². The number of aryl methyl sites for hydroxylation is 2. The molecule has 9 heteroatoms. The number of aromatic nitrogens is 1. The summed E-state index contributed by atoms with van der Waals surface area (Å²) in [4.78, 5) is 31.5. The SMILES string of the molecule is CCC(CC)CC(=O)N[C@@H](CCN(CCCCc1ccc2c(n1)NCCC2)CCOc1ccccc1OC)C(=O)O. The fourth-order valence-electron chi connectivity index (χ4n) is 5.17. The van der Waals surface area contributed by atoms with Crippen LogP contribution in [0.15, 0.2) is 36.4 Å². The molecule has 226 valence electrons. The third-order valence-corrected chi connectivity index (χ3v) is 7.84. The van der Waals surface area contributed by atoms with E-state index >= 15 is 0 Å². The van der Waals surface area contributed by atoms with Gasteiger partial charge in [-0.25, -0.2) is 9.78 Å². The summed E-state index contributed by atoms with van der Waals surface area (Å²) in [5, 5.41) is 16.0. The summed E-state index contributed by atoms with van der Waals surface area (Å²) in [5.41, 5.74) is 2.39. The van der Waals surface area contributed by atoms with E-state index in [0.717, 1.165) is 69.5 Å². The number of para-hydroxylation sites is 2. The summed E-state index contributed by atoms with van der Waals surface area (Å²) >= 11 is 0. The van der Waals surface area contributed by atoms with E-state index in [2.05, 4.69) is 41.5 Å². The lowest BCUT2D eigenvalue weighted by atomic mass is 9.99. The number of nitrogens with one attached hydrogen (secondary N) is 2. The van der Waals surface area contributed by atoms with Gasteiger partial charge in [-0.2, -0.15) is 0 Å². The minimum atomic E-state index is -1.000. The van der Waals surface area contributed by atoms with Crippen molar-refractivity contribution >= 4 is 17.7 Å². The molecule has 0 unspecified atom stereocenters. The maximum absolute atomic E-state index is 12.5. The van der Waals surface area contributed by atoms with Crippen LogP contribution in [0.4, 0.5) is 5.82 Å². The third-order valence-electron chi connectivity index (χ3n) is 7.84. The van der Waals surface area contributed by atoms with E-state index in [1.165, 1.54) is 5.56 Å². The lowest BCUT2D eigenvalue weighted by Gasteiger charge is -2.25. The highest BCUT2D eigenvalue weighted by Crippen LogP contribution is 2.25. The number of rotatable bonds is 19. The number of methoxy groups -OCH3 is 1. The highest BCUT2D eigenvalue weighted by Gasteiger charge is 2.22. The molecular weight excluding hydrogens is 520 g/mol. The molecule has 2 aromatic rings. The van der Waals surface area contributed by atoms with Gasteiger partial charge in [0.2, 0.25) is 5.91 Å². The summed E-state index contributed by atoms with van der Waals surface area (Å²) in [6, 6.07) is 10.9. The number of aliphatic carboxylic acids is 1. The van der Waals surface area contributed by atoms with Crippen molar-refractivity contribution in [1.82, 2.24) is 15.2 Å². The first kappa shape index (κ1) is 32.2. The molecular formula is C32H48N4O5. The van der Waals surface area contributed by atoms with Crippen LogP contribution in [0, 0.1) is 5.92 Å². The summed E-state index contributed by atoms with van der Waals surface area (Å²) < 4.78 is 11.4. The molecule has 2 heterocycles. The van der Waals surface area contributed by atoms with E-state index in [9.17, 15) is 14.7 Å². The third kappa shape index (κ3) is 10.9. The van der Waals surface area contributed by atoms with Crippen molar-refractivity contribution < 1.29 is 24.2 Å². The van der Waals surface area contributed by atoms with Crippen LogP contribution < -0.4 is 20.1 Å². The molecule has 0 saturated heterocycles. The average Bonchev–Trinajstić information content (AvgIpc) is 2.99. The van der Waals surface area contributed by atoms with Gasteiger partial charge in [-0.1, -0.05) is 44.9 Å². The molecule has 3 N–H and O–H groups in total. The van der Waals surface area contributed by atoms with Gasteiger partial charge in [-0.15, -0.1) is 0 Å². The fourth-order valence-corrected chi connectivity index (χ4v) is 5.17. The first-order valence-electron chi connectivity index (χ1n) is 15.2. The first-order valence-corrected chi connectivity index (χ1v) is 15.2. The van der Waals surface area contributed by atoms with Crippen molar-refractivity contribution in [2.45, 2.75) is 77.7 Å². The standard InChI is InChI=1S/C32H48N4O5/c1-4-24(5-2)23-30(37)35-27(32(38)39)17-20-36(21-22-41-29-14-7-6-13-28(29)40-3)19-9-8-12-26-16-15-25-11-10-18-33-31(25)34-26/h6-7,13-16,24,27H,4-5,8-12,17-23H2,1-3H3,(H,33,34)(H,35,37)(H,38,39)/t27-/m0/s1. The smallest absolute Gasteiger partial charge is 0.326 e. The quantitative estimate of drug-likeness (QED) is 0.204. The fraction of sp³-hybridized carbons (Fsp3) is 0.594. The summed E-state index contributed by atoms with van der Waals surface area (Å²) in [6.07, 6.45) is 7.54. The van der Waals surface area contributed by atoms with Crippen molar-refractivity contribution in [2.24, 2.45) is 5.92 Å². The molecule has 41 heavy (non-hydrogen) atoms. The summed E-state index contributed by atoms with van der Waals surface area (Å²) in [6.45, 7) is 7.50. The predicted molar refractivity (Wildman–Crippen MR) is 162 cm³/mol. The van der Waals surface area contributed by atoms with Gasteiger partial charge in [-0.3, -0.25) is 9.69 Å². The van der Waals surface area contributed by atoms with Crippen LogP contribution in [0.1, 0.15) is 70.1 Å². The molecule has 1 aromatic carbocycles. The molecule has 1 amide bonds. The van der Waals surface area contributed by atoms with Gasteiger partial charge in [0.05, 0.1) is 7.11 Å². The van der Waals surface area contributed by atoms with Gasteiger partial charge < -0.3 is 25.2 Å². The Bertz CT molecular complexity index is 1090. The molecule has 0 saturated carbocycles. The van der Waals surface area contributed by atoms with Crippen molar-refractivity contribution in [2.75, 3.05) is 45.2 Å². The topological polar surface area (TPSA) is 113 Å². The number of carbonyl (C=O) groups excluding carboxylic acids is 1. The van der Waals surface area contributed by atoms with Crippen LogP contribution in [0.3, 0.4) is 0 Å². The molecule has 1 aliphatic rings. The number of carbonyl (C=O) groups is 2. The number of hydrogen-bond donors (Lipinski definition) is 3. The second kappa shape index (κ2) is 17.5. The van der Waals surface area contributed by atoms with Crippen molar-refractivity contribution in [3.05, 3.63) is 47.7 Å². The van der Waals surface area contributed by atoms with Crippen molar-refractivity contribution in [3.8, 4) is 11.5 Å². The number of anilines is 1. The van der Waals surface area contributed by atoms with Crippen LogP contribution in [-0.4, -0.2) is 72.8 Å². The highest BCUT2D eigenvalue weighted by atomic mass is 16.5. The predicted octanol–water partition coefficient (Wildman–Crippen LogP) is 4.94. The van der Waals surface area contributed by atoms with E-state index < -0.39 is 12.0 Å². The molecule has 3 rings (SSSR count). The Kier molecular flexibility index (Phi) is 13.7. The molecule has 0 fully saturated rings. The number of nitrogens with zero attached hydrogens (tertiary/aromatic N) is 2. The van der Waals surface area contributed by atoms with E-state index in [1.54, 1.807) is 7.11 Å². The van der Waals surface area contributed by atoms with Gasteiger partial charge in [0.25, 0.3) is 0 Å². The van der Waals surface area contributed by atoms with Crippen molar-refractivity contribution in [1.29, 1.82) is 0 Å². The van der Waals surface area contributed by atoms with Crippen LogP contribution in [0.5, 0.6) is 11.5 Å². The second-order valence-corrected chi connectivity index (χ2v) is 10.8. The molecule has 0 bridgehead atoms. The molecule has 1 atom stereocenters. The second-order valence-electron chi connectivity index (χ2n) is 10.8. The van der Waals surface area contributed by atoms with E-state index in [4.69, 9.17) is 14.5 Å². The number of hydrogen-bond acceptors (Lipinski definition) is 7.